The van der Waals surface area contributed by atoms with E-state index in [0.717, 1.165) is 16.9 Å². The topological polar surface area (TPSA) is 51.2 Å². The lowest BCUT2D eigenvalue weighted by molar-refractivity contribution is 0.102. The van der Waals surface area contributed by atoms with Gasteiger partial charge in [0.05, 0.1) is 12.3 Å². The molecule has 0 saturated heterocycles. The van der Waals surface area contributed by atoms with Gasteiger partial charge in [0, 0.05) is 17.4 Å². The number of pyridine rings is 1. The first-order valence-corrected chi connectivity index (χ1v) is 7.01. The highest BCUT2D eigenvalue weighted by molar-refractivity contribution is 6.07. The summed E-state index contributed by atoms with van der Waals surface area (Å²) in [7, 11) is 0. The van der Waals surface area contributed by atoms with Crippen LogP contribution in [0.1, 0.15) is 34.2 Å². The van der Waals surface area contributed by atoms with E-state index < -0.39 is 0 Å². The smallest absolute Gasteiger partial charge is 0.261 e. The summed E-state index contributed by atoms with van der Waals surface area (Å²) in [5.41, 5.74) is 3.81. The first-order valence-electron chi connectivity index (χ1n) is 7.01. The van der Waals surface area contributed by atoms with Gasteiger partial charge >= 0.3 is 0 Å². The molecule has 4 heteroatoms. The van der Waals surface area contributed by atoms with Crippen LogP contribution in [0.5, 0.6) is 5.75 Å². The standard InChI is InChI=1S/C17H20N2O2/c1-5-21-15-10-12(3)18-13(4)16(15)17(20)19-14-9-7-6-8-11(14)2/h6-10H,5H2,1-4H3,(H,19,20). The second-order valence-corrected chi connectivity index (χ2v) is 4.92. The predicted octanol–water partition coefficient (Wildman–Crippen LogP) is 3.66. The Kier molecular flexibility index (Phi) is 4.58. The summed E-state index contributed by atoms with van der Waals surface area (Å²) in [6, 6.07) is 9.47. The predicted molar refractivity (Wildman–Crippen MR) is 84.0 cm³/mol. The van der Waals surface area contributed by atoms with Gasteiger partial charge in [-0.15, -0.1) is 0 Å². The zero-order valence-electron chi connectivity index (χ0n) is 12.9. The van der Waals surface area contributed by atoms with Crippen LogP contribution in [0.3, 0.4) is 0 Å². The number of para-hydroxylation sites is 1. The molecule has 0 fully saturated rings. The zero-order valence-corrected chi connectivity index (χ0v) is 12.9. The first kappa shape index (κ1) is 15.0. The van der Waals surface area contributed by atoms with Crippen molar-refractivity contribution in [2.45, 2.75) is 27.7 Å². The summed E-state index contributed by atoms with van der Waals surface area (Å²) in [6.07, 6.45) is 0. The van der Waals surface area contributed by atoms with E-state index in [1.54, 1.807) is 6.07 Å². The maximum atomic E-state index is 12.6. The Morgan fingerprint density at radius 3 is 2.62 bits per heavy atom. The monoisotopic (exact) mass is 284 g/mol. The molecule has 0 bridgehead atoms. The molecule has 1 aromatic carbocycles. The number of anilines is 1. The van der Waals surface area contributed by atoms with Crippen molar-refractivity contribution >= 4 is 11.6 Å². The normalized spacial score (nSPS) is 10.3. The molecule has 0 unspecified atom stereocenters. The Labute approximate surface area is 125 Å². The summed E-state index contributed by atoms with van der Waals surface area (Å²) in [4.78, 5) is 16.9. The minimum absolute atomic E-state index is 0.197. The second kappa shape index (κ2) is 6.39. The van der Waals surface area contributed by atoms with Crippen molar-refractivity contribution < 1.29 is 9.53 Å². The van der Waals surface area contributed by atoms with E-state index in [-0.39, 0.29) is 5.91 Å². The van der Waals surface area contributed by atoms with Crippen LogP contribution in [0, 0.1) is 20.8 Å². The quantitative estimate of drug-likeness (QED) is 0.932. The molecule has 2 rings (SSSR count). The highest BCUT2D eigenvalue weighted by atomic mass is 16.5. The van der Waals surface area contributed by atoms with Gasteiger partial charge in [-0.2, -0.15) is 0 Å². The molecule has 0 saturated carbocycles. The van der Waals surface area contributed by atoms with E-state index in [9.17, 15) is 4.79 Å². The van der Waals surface area contributed by atoms with Crippen molar-refractivity contribution in [1.82, 2.24) is 4.98 Å². The Balaban J connectivity index is 2.37. The average Bonchev–Trinajstić information content (AvgIpc) is 2.41. The summed E-state index contributed by atoms with van der Waals surface area (Å²) in [5, 5.41) is 2.93. The molecule has 21 heavy (non-hydrogen) atoms. The number of carbonyl (C=O) groups is 1. The lowest BCUT2D eigenvalue weighted by Gasteiger charge is -2.14. The third-order valence-electron chi connectivity index (χ3n) is 3.21. The number of rotatable bonds is 4. The fraction of sp³-hybridized carbons (Fsp3) is 0.294. The summed E-state index contributed by atoms with van der Waals surface area (Å²) in [5.74, 6) is 0.381. The largest absolute Gasteiger partial charge is 0.493 e. The molecular weight excluding hydrogens is 264 g/mol. The number of aryl methyl sites for hydroxylation is 3. The van der Waals surface area contributed by atoms with E-state index >= 15 is 0 Å². The lowest BCUT2D eigenvalue weighted by atomic mass is 10.1. The highest BCUT2D eigenvalue weighted by Gasteiger charge is 2.18. The molecule has 110 valence electrons. The molecule has 2 aromatic rings. The Morgan fingerprint density at radius 2 is 1.95 bits per heavy atom. The molecule has 0 aliphatic rings. The van der Waals surface area contributed by atoms with E-state index in [1.807, 2.05) is 52.0 Å². The lowest BCUT2D eigenvalue weighted by Crippen LogP contribution is -2.17. The molecule has 0 aliphatic heterocycles. The van der Waals surface area contributed by atoms with Crippen LogP contribution in [-0.4, -0.2) is 17.5 Å². The summed E-state index contributed by atoms with van der Waals surface area (Å²) >= 11 is 0. The minimum Gasteiger partial charge on any atom is -0.493 e. The molecule has 1 heterocycles. The number of amides is 1. The van der Waals surface area contributed by atoms with Gasteiger partial charge in [0.25, 0.3) is 5.91 Å². The number of hydrogen-bond acceptors (Lipinski definition) is 3. The van der Waals surface area contributed by atoms with Crippen LogP contribution < -0.4 is 10.1 Å². The Hall–Kier alpha value is -2.36. The molecule has 1 aromatic heterocycles. The summed E-state index contributed by atoms with van der Waals surface area (Å²) < 4.78 is 5.59. The van der Waals surface area contributed by atoms with E-state index in [1.165, 1.54) is 0 Å². The van der Waals surface area contributed by atoms with Crippen molar-refractivity contribution in [3.05, 3.63) is 52.8 Å². The van der Waals surface area contributed by atoms with Crippen molar-refractivity contribution in [2.24, 2.45) is 0 Å². The average molecular weight is 284 g/mol. The fourth-order valence-corrected chi connectivity index (χ4v) is 2.24. The van der Waals surface area contributed by atoms with Crippen molar-refractivity contribution in [2.75, 3.05) is 11.9 Å². The molecule has 0 spiro atoms. The number of hydrogen-bond donors (Lipinski definition) is 1. The third kappa shape index (κ3) is 3.40. The Morgan fingerprint density at radius 1 is 1.24 bits per heavy atom. The second-order valence-electron chi connectivity index (χ2n) is 4.92. The highest BCUT2D eigenvalue weighted by Crippen LogP contribution is 2.24. The number of nitrogens with one attached hydrogen (secondary N) is 1. The molecular formula is C17H20N2O2. The van der Waals surface area contributed by atoms with Gasteiger partial charge in [-0.3, -0.25) is 9.78 Å². The van der Waals surface area contributed by atoms with Gasteiger partial charge in [-0.25, -0.2) is 0 Å². The van der Waals surface area contributed by atoms with Crippen LogP contribution in [0.25, 0.3) is 0 Å². The molecule has 0 aliphatic carbocycles. The van der Waals surface area contributed by atoms with E-state index in [4.69, 9.17) is 4.74 Å². The SMILES string of the molecule is CCOc1cc(C)nc(C)c1C(=O)Nc1ccccc1C. The van der Waals surface area contributed by atoms with Crippen LogP contribution in [0.15, 0.2) is 30.3 Å². The zero-order chi connectivity index (χ0) is 15.4. The van der Waals surface area contributed by atoms with Crippen LogP contribution >= 0.6 is 0 Å². The maximum absolute atomic E-state index is 12.6. The van der Waals surface area contributed by atoms with Crippen molar-refractivity contribution in [1.29, 1.82) is 0 Å². The first-order chi connectivity index (χ1) is 10.0. The van der Waals surface area contributed by atoms with E-state index in [2.05, 4.69) is 10.3 Å². The van der Waals surface area contributed by atoms with Gasteiger partial charge < -0.3 is 10.1 Å². The molecule has 1 amide bonds. The molecule has 1 N–H and O–H groups in total. The third-order valence-corrected chi connectivity index (χ3v) is 3.21. The Bertz CT molecular complexity index is 666. The fourth-order valence-electron chi connectivity index (χ4n) is 2.24. The number of benzene rings is 1. The van der Waals surface area contributed by atoms with Gasteiger partial charge in [0.15, 0.2) is 0 Å². The maximum Gasteiger partial charge on any atom is 0.261 e. The number of aromatic nitrogens is 1. The molecule has 0 atom stereocenters. The molecule has 0 radical (unpaired) electrons. The van der Waals surface area contributed by atoms with Crippen LogP contribution in [0.4, 0.5) is 5.69 Å². The minimum atomic E-state index is -0.197. The summed E-state index contributed by atoms with van der Waals surface area (Å²) in [6.45, 7) is 8.07. The van der Waals surface area contributed by atoms with Crippen molar-refractivity contribution in [3.63, 3.8) is 0 Å². The van der Waals surface area contributed by atoms with Gasteiger partial charge in [0.2, 0.25) is 0 Å². The number of ether oxygens (including phenoxy) is 1. The number of carbonyl (C=O) groups excluding carboxylic acids is 1. The van der Waals surface area contributed by atoms with Crippen molar-refractivity contribution in [3.8, 4) is 5.75 Å². The molecule has 4 nitrogen and oxygen atoms in total. The van der Waals surface area contributed by atoms with Gasteiger partial charge in [-0.05, 0) is 39.3 Å². The van der Waals surface area contributed by atoms with Crippen LogP contribution in [-0.2, 0) is 0 Å². The van der Waals surface area contributed by atoms with E-state index in [0.29, 0.717) is 23.6 Å². The number of nitrogens with zero attached hydrogens (tertiary/aromatic N) is 1. The van der Waals surface area contributed by atoms with Gasteiger partial charge in [-0.1, -0.05) is 18.2 Å². The van der Waals surface area contributed by atoms with Crippen LogP contribution in [0.2, 0.25) is 0 Å². The van der Waals surface area contributed by atoms with Gasteiger partial charge in [0.1, 0.15) is 11.3 Å².